The van der Waals surface area contributed by atoms with Crippen LogP contribution in [-0.4, -0.2) is 35.6 Å². The van der Waals surface area contributed by atoms with Gasteiger partial charge in [0.1, 0.15) is 0 Å². The van der Waals surface area contributed by atoms with E-state index >= 15 is 0 Å². The van der Waals surface area contributed by atoms with Crippen molar-refractivity contribution in [3.8, 4) is 0 Å². The number of piperidine rings is 1. The van der Waals surface area contributed by atoms with Gasteiger partial charge in [0.25, 0.3) is 0 Å². The lowest BCUT2D eigenvalue weighted by atomic mass is 9.93. The summed E-state index contributed by atoms with van der Waals surface area (Å²) < 4.78 is 0. The highest BCUT2D eigenvalue weighted by Crippen LogP contribution is 2.21. The summed E-state index contributed by atoms with van der Waals surface area (Å²) in [6.07, 6.45) is 4.61. The van der Waals surface area contributed by atoms with E-state index in [-0.39, 0.29) is 0 Å². The molecule has 1 fully saturated rings. The van der Waals surface area contributed by atoms with Crippen molar-refractivity contribution in [2.45, 2.75) is 39.0 Å². The third-order valence-corrected chi connectivity index (χ3v) is 3.22. The minimum absolute atomic E-state index is 0.318. The van der Waals surface area contributed by atoms with E-state index in [1.165, 1.54) is 18.4 Å². The Bertz CT molecular complexity index is 226. The summed E-state index contributed by atoms with van der Waals surface area (Å²) in [5.74, 6) is -0.0889. The van der Waals surface area contributed by atoms with Crippen molar-refractivity contribution in [1.29, 1.82) is 0 Å². The number of rotatable bonds is 6. The van der Waals surface area contributed by atoms with Crippen molar-refractivity contribution in [1.82, 2.24) is 4.90 Å². The van der Waals surface area contributed by atoms with Crippen LogP contribution in [0.5, 0.6) is 0 Å². The smallest absolute Gasteiger partial charge is 0.303 e. The van der Waals surface area contributed by atoms with Crippen molar-refractivity contribution in [3.63, 3.8) is 0 Å². The van der Waals surface area contributed by atoms with Gasteiger partial charge >= 0.3 is 5.97 Å². The molecule has 1 rings (SSSR count). The Morgan fingerprint density at radius 3 is 2.88 bits per heavy atom. The van der Waals surface area contributed by atoms with Crippen molar-refractivity contribution < 1.29 is 9.90 Å². The Labute approximate surface area is 98.1 Å². The standard InChI is InChI=1S/C13H23NO2/c1-11(2)7-9-14-8-3-4-12(10-14)5-6-13(15)16/h12H,1,3-10H2,2H3,(H,15,16). The molecule has 1 unspecified atom stereocenters. The number of hydrogen-bond acceptors (Lipinski definition) is 2. The number of hydrogen-bond donors (Lipinski definition) is 1. The third-order valence-electron chi connectivity index (χ3n) is 3.22. The molecule has 0 aromatic carbocycles. The van der Waals surface area contributed by atoms with Crippen LogP contribution < -0.4 is 0 Å². The fourth-order valence-electron chi connectivity index (χ4n) is 2.27. The first kappa shape index (κ1) is 13.2. The molecule has 0 saturated carbocycles. The van der Waals surface area contributed by atoms with Gasteiger partial charge in [0.2, 0.25) is 0 Å². The summed E-state index contributed by atoms with van der Waals surface area (Å²) in [5.41, 5.74) is 1.23. The molecular weight excluding hydrogens is 202 g/mol. The number of likely N-dealkylation sites (tertiary alicyclic amines) is 1. The van der Waals surface area contributed by atoms with Gasteiger partial charge in [-0.1, -0.05) is 5.57 Å². The van der Waals surface area contributed by atoms with E-state index in [0.717, 1.165) is 32.5 Å². The van der Waals surface area contributed by atoms with E-state index < -0.39 is 5.97 Å². The lowest BCUT2D eigenvalue weighted by Crippen LogP contribution is -2.36. The van der Waals surface area contributed by atoms with Crippen LogP contribution in [-0.2, 0) is 4.79 Å². The Kier molecular flexibility index (Phi) is 5.53. The second-order valence-electron chi connectivity index (χ2n) is 4.95. The second kappa shape index (κ2) is 6.69. The Hall–Kier alpha value is -0.830. The average Bonchev–Trinajstić information content (AvgIpc) is 2.24. The maximum atomic E-state index is 10.5. The Morgan fingerprint density at radius 2 is 2.25 bits per heavy atom. The number of carbonyl (C=O) groups is 1. The van der Waals surface area contributed by atoms with Gasteiger partial charge in [0.15, 0.2) is 0 Å². The van der Waals surface area contributed by atoms with E-state index in [1.807, 2.05) is 0 Å². The van der Waals surface area contributed by atoms with Gasteiger partial charge in [-0.2, -0.15) is 0 Å². The van der Waals surface area contributed by atoms with Gasteiger partial charge in [0.05, 0.1) is 0 Å². The van der Waals surface area contributed by atoms with Crippen molar-refractivity contribution in [2.75, 3.05) is 19.6 Å². The first-order valence-corrected chi connectivity index (χ1v) is 6.16. The lowest BCUT2D eigenvalue weighted by molar-refractivity contribution is -0.137. The topological polar surface area (TPSA) is 40.5 Å². The van der Waals surface area contributed by atoms with Crippen LogP contribution in [0.3, 0.4) is 0 Å². The maximum absolute atomic E-state index is 10.5. The van der Waals surface area contributed by atoms with Gasteiger partial charge in [-0.05, 0) is 45.1 Å². The summed E-state index contributed by atoms with van der Waals surface area (Å²) in [6, 6.07) is 0. The number of carboxylic acids is 1. The van der Waals surface area contributed by atoms with Crippen LogP contribution >= 0.6 is 0 Å². The van der Waals surface area contributed by atoms with Gasteiger partial charge in [-0.25, -0.2) is 0 Å². The fraction of sp³-hybridized carbons (Fsp3) is 0.769. The largest absolute Gasteiger partial charge is 0.481 e. The quantitative estimate of drug-likeness (QED) is 0.706. The Morgan fingerprint density at radius 1 is 1.50 bits per heavy atom. The number of nitrogens with zero attached hydrogens (tertiary/aromatic N) is 1. The minimum atomic E-state index is -0.668. The molecule has 0 aliphatic carbocycles. The predicted octanol–water partition coefficient (Wildman–Crippen LogP) is 2.53. The average molecular weight is 225 g/mol. The molecule has 0 spiro atoms. The molecule has 0 amide bonds. The normalized spacial score (nSPS) is 21.9. The second-order valence-corrected chi connectivity index (χ2v) is 4.95. The SMILES string of the molecule is C=C(C)CCN1CCCC(CCC(=O)O)C1. The van der Waals surface area contributed by atoms with E-state index in [0.29, 0.717) is 12.3 Å². The Balaban J connectivity index is 2.24. The molecule has 1 aliphatic heterocycles. The monoisotopic (exact) mass is 225 g/mol. The van der Waals surface area contributed by atoms with Crippen molar-refractivity contribution in [2.24, 2.45) is 5.92 Å². The van der Waals surface area contributed by atoms with E-state index in [1.54, 1.807) is 0 Å². The van der Waals surface area contributed by atoms with Crippen LogP contribution in [0.15, 0.2) is 12.2 Å². The molecule has 1 aliphatic rings. The zero-order valence-electron chi connectivity index (χ0n) is 10.2. The molecular formula is C13H23NO2. The summed E-state index contributed by atoms with van der Waals surface area (Å²) in [5, 5.41) is 8.66. The van der Waals surface area contributed by atoms with Crippen LogP contribution in [0.25, 0.3) is 0 Å². The molecule has 16 heavy (non-hydrogen) atoms. The maximum Gasteiger partial charge on any atom is 0.303 e. The summed E-state index contributed by atoms with van der Waals surface area (Å²) in [7, 11) is 0. The highest BCUT2D eigenvalue weighted by Gasteiger charge is 2.19. The highest BCUT2D eigenvalue weighted by atomic mass is 16.4. The van der Waals surface area contributed by atoms with Gasteiger partial charge in [-0.3, -0.25) is 4.79 Å². The van der Waals surface area contributed by atoms with Gasteiger partial charge < -0.3 is 10.0 Å². The van der Waals surface area contributed by atoms with Gasteiger partial charge in [-0.15, -0.1) is 6.58 Å². The predicted molar refractivity (Wildman–Crippen MR) is 65.5 cm³/mol. The summed E-state index contributed by atoms with van der Waals surface area (Å²) in [6.45, 7) is 9.29. The third kappa shape index (κ3) is 5.31. The molecule has 3 heteroatoms. The minimum Gasteiger partial charge on any atom is -0.481 e. The van der Waals surface area contributed by atoms with Crippen LogP contribution in [0.1, 0.15) is 39.0 Å². The number of carboxylic acid groups (broad SMARTS) is 1. The zero-order valence-corrected chi connectivity index (χ0v) is 10.2. The molecule has 0 aromatic rings. The van der Waals surface area contributed by atoms with Crippen LogP contribution in [0.4, 0.5) is 0 Å². The van der Waals surface area contributed by atoms with E-state index in [4.69, 9.17) is 5.11 Å². The molecule has 1 atom stereocenters. The molecule has 3 nitrogen and oxygen atoms in total. The summed E-state index contributed by atoms with van der Waals surface area (Å²) in [4.78, 5) is 13.0. The molecule has 0 bridgehead atoms. The molecule has 92 valence electrons. The van der Waals surface area contributed by atoms with E-state index in [2.05, 4.69) is 18.4 Å². The first-order valence-electron chi connectivity index (χ1n) is 6.16. The molecule has 1 saturated heterocycles. The van der Waals surface area contributed by atoms with Crippen molar-refractivity contribution >= 4 is 5.97 Å². The molecule has 1 N–H and O–H groups in total. The van der Waals surface area contributed by atoms with E-state index in [9.17, 15) is 4.79 Å². The summed E-state index contributed by atoms with van der Waals surface area (Å²) >= 11 is 0. The molecule has 0 radical (unpaired) electrons. The molecule has 0 aromatic heterocycles. The highest BCUT2D eigenvalue weighted by molar-refractivity contribution is 5.66. The number of aliphatic carboxylic acids is 1. The van der Waals surface area contributed by atoms with Crippen molar-refractivity contribution in [3.05, 3.63) is 12.2 Å². The molecule has 1 heterocycles. The van der Waals surface area contributed by atoms with Gasteiger partial charge in [0, 0.05) is 19.5 Å². The van der Waals surface area contributed by atoms with Crippen LogP contribution in [0.2, 0.25) is 0 Å². The van der Waals surface area contributed by atoms with Crippen LogP contribution in [0, 0.1) is 5.92 Å². The fourth-order valence-corrected chi connectivity index (χ4v) is 2.27. The first-order chi connectivity index (χ1) is 7.58. The lowest BCUT2D eigenvalue weighted by Gasteiger charge is -2.32. The zero-order chi connectivity index (χ0) is 12.0.